The monoisotopic (exact) mass is 421 g/mol. The van der Waals surface area contributed by atoms with Crippen LogP contribution in [0, 0.1) is 6.92 Å². The molecule has 4 aromatic rings. The minimum atomic E-state index is 0.177. The van der Waals surface area contributed by atoms with Crippen LogP contribution in [0.15, 0.2) is 71.6 Å². The number of aryl methyl sites for hydroxylation is 1. The van der Waals surface area contributed by atoms with Gasteiger partial charge in [0.2, 0.25) is 0 Å². The van der Waals surface area contributed by atoms with Crippen molar-refractivity contribution >= 4 is 22.7 Å². The Morgan fingerprint density at radius 3 is 2.69 bits per heavy atom. The Morgan fingerprint density at radius 2 is 1.93 bits per heavy atom. The Labute approximate surface area is 179 Å². The van der Waals surface area contributed by atoms with Crippen LogP contribution in [-0.4, -0.2) is 9.97 Å². The van der Waals surface area contributed by atoms with Crippen LogP contribution in [0.25, 0.3) is 0 Å². The van der Waals surface area contributed by atoms with E-state index in [1.165, 1.54) is 4.88 Å². The molecule has 0 amide bonds. The number of ether oxygens (including phenoxy) is 1. The van der Waals surface area contributed by atoms with Gasteiger partial charge in [-0.25, -0.2) is 4.98 Å². The fourth-order valence-corrected chi connectivity index (χ4v) is 4.69. The van der Waals surface area contributed by atoms with Crippen LogP contribution in [0.1, 0.15) is 32.9 Å². The van der Waals surface area contributed by atoms with Crippen molar-refractivity contribution in [2.24, 2.45) is 0 Å². The Hall–Kier alpha value is -2.54. The molecule has 1 N–H and O–H groups in total. The maximum absolute atomic E-state index is 6.06. The van der Waals surface area contributed by atoms with Crippen LogP contribution < -0.4 is 10.1 Å². The molecule has 1 aromatic carbocycles. The molecule has 0 aliphatic heterocycles. The zero-order valence-electron chi connectivity index (χ0n) is 16.2. The van der Waals surface area contributed by atoms with Crippen LogP contribution in [0.4, 0.5) is 0 Å². The van der Waals surface area contributed by atoms with Crippen molar-refractivity contribution in [2.75, 3.05) is 0 Å². The Bertz CT molecular complexity index is 1020. The quantitative estimate of drug-likeness (QED) is 0.384. The lowest BCUT2D eigenvalue weighted by Gasteiger charge is -2.18. The first-order valence-corrected chi connectivity index (χ1v) is 11.3. The van der Waals surface area contributed by atoms with Crippen molar-refractivity contribution in [3.05, 3.63) is 98.4 Å². The summed E-state index contributed by atoms with van der Waals surface area (Å²) >= 11 is 3.51. The number of thiazole rings is 1. The van der Waals surface area contributed by atoms with Crippen LogP contribution in [-0.2, 0) is 19.6 Å². The van der Waals surface area contributed by atoms with Gasteiger partial charge in [-0.2, -0.15) is 0 Å². The normalized spacial score (nSPS) is 12.0. The predicted octanol–water partition coefficient (Wildman–Crippen LogP) is 5.56. The van der Waals surface area contributed by atoms with Crippen molar-refractivity contribution in [1.82, 2.24) is 15.3 Å². The van der Waals surface area contributed by atoms with Crippen LogP contribution in [0.5, 0.6) is 5.75 Å². The summed E-state index contributed by atoms with van der Waals surface area (Å²) in [6.07, 6.45) is 2.72. The van der Waals surface area contributed by atoms with Crippen molar-refractivity contribution in [1.29, 1.82) is 0 Å². The third-order valence-electron chi connectivity index (χ3n) is 4.53. The fraction of sp³-hybridized carbons (Fsp3) is 0.217. The number of pyridine rings is 1. The molecule has 0 aliphatic carbocycles. The van der Waals surface area contributed by atoms with Crippen LogP contribution >= 0.6 is 22.7 Å². The SMILES string of the molecule is Cc1csc([C@@H](Cc2cccs2)NCc2ccccc2OCc2ccccn2)n1. The van der Waals surface area contributed by atoms with Gasteiger partial charge in [-0.15, -0.1) is 22.7 Å². The number of nitrogens with one attached hydrogen (secondary N) is 1. The third kappa shape index (κ3) is 5.50. The van der Waals surface area contributed by atoms with E-state index in [1.54, 1.807) is 28.9 Å². The highest BCUT2D eigenvalue weighted by Crippen LogP contribution is 2.26. The maximum Gasteiger partial charge on any atom is 0.130 e. The van der Waals surface area contributed by atoms with E-state index in [1.807, 2.05) is 43.3 Å². The molecule has 0 radical (unpaired) electrons. The number of thiophene rings is 1. The minimum Gasteiger partial charge on any atom is -0.487 e. The van der Waals surface area contributed by atoms with E-state index in [9.17, 15) is 0 Å². The second-order valence-electron chi connectivity index (χ2n) is 6.76. The first-order valence-electron chi connectivity index (χ1n) is 9.56. The Balaban J connectivity index is 1.45. The first-order chi connectivity index (χ1) is 14.3. The van der Waals surface area contributed by atoms with Gasteiger partial charge in [0.25, 0.3) is 0 Å². The smallest absolute Gasteiger partial charge is 0.130 e. The molecule has 148 valence electrons. The van der Waals surface area contributed by atoms with E-state index < -0.39 is 0 Å². The molecule has 3 heterocycles. The first kappa shape index (κ1) is 19.8. The largest absolute Gasteiger partial charge is 0.487 e. The number of rotatable bonds is 9. The maximum atomic E-state index is 6.06. The lowest BCUT2D eigenvalue weighted by Crippen LogP contribution is -2.23. The average molecular weight is 422 g/mol. The zero-order valence-corrected chi connectivity index (χ0v) is 17.9. The molecule has 6 heteroatoms. The summed E-state index contributed by atoms with van der Waals surface area (Å²) in [6, 6.07) is 18.5. The topological polar surface area (TPSA) is 47.0 Å². The molecule has 0 saturated heterocycles. The molecule has 29 heavy (non-hydrogen) atoms. The number of para-hydroxylation sites is 1. The Morgan fingerprint density at radius 1 is 1.03 bits per heavy atom. The van der Waals surface area contributed by atoms with Crippen molar-refractivity contribution in [3.8, 4) is 5.75 Å². The van der Waals surface area contributed by atoms with Crippen molar-refractivity contribution < 1.29 is 4.74 Å². The molecule has 0 saturated carbocycles. The molecule has 3 aromatic heterocycles. The number of hydrogen-bond acceptors (Lipinski definition) is 6. The number of hydrogen-bond donors (Lipinski definition) is 1. The molecular formula is C23H23N3OS2. The summed E-state index contributed by atoms with van der Waals surface area (Å²) in [4.78, 5) is 10.4. The van der Waals surface area contributed by atoms with Gasteiger partial charge in [-0.05, 0) is 36.6 Å². The highest BCUT2D eigenvalue weighted by molar-refractivity contribution is 7.10. The van der Waals surface area contributed by atoms with E-state index in [-0.39, 0.29) is 6.04 Å². The van der Waals surface area contributed by atoms with Crippen LogP contribution in [0.2, 0.25) is 0 Å². The van der Waals surface area contributed by atoms with E-state index >= 15 is 0 Å². The van der Waals surface area contributed by atoms with Gasteiger partial charge < -0.3 is 10.1 Å². The highest BCUT2D eigenvalue weighted by atomic mass is 32.1. The number of benzene rings is 1. The van der Waals surface area contributed by atoms with Crippen molar-refractivity contribution in [3.63, 3.8) is 0 Å². The van der Waals surface area contributed by atoms with Gasteiger partial charge in [-0.1, -0.05) is 30.3 Å². The molecule has 0 aliphatic rings. The fourth-order valence-electron chi connectivity index (χ4n) is 3.07. The van der Waals surface area contributed by atoms with E-state index in [0.717, 1.165) is 34.1 Å². The van der Waals surface area contributed by atoms with Gasteiger partial charge >= 0.3 is 0 Å². The van der Waals surface area contributed by atoms with E-state index in [4.69, 9.17) is 9.72 Å². The van der Waals surface area contributed by atoms with Crippen molar-refractivity contribution in [2.45, 2.75) is 32.5 Å². The molecule has 0 unspecified atom stereocenters. The standard InChI is InChI=1S/C23H23N3OS2/c1-17-16-29-23(26-17)21(13-20-9-6-12-28-20)25-14-18-7-2-3-10-22(18)27-15-19-8-4-5-11-24-19/h2-12,16,21,25H,13-15H2,1H3/t21-/m1/s1. The summed E-state index contributed by atoms with van der Waals surface area (Å²) in [5, 5.41) is 9.07. The summed E-state index contributed by atoms with van der Waals surface area (Å²) in [6.45, 7) is 3.22. The van der Waals surface area contributed by atoms with Gasteiger partial charge in [0, 0.05) is 40.7 Å². The highest BCUT2D eigenvalue weighted by Gasteiger charge is 2.17. The second kappa shape index (κ2) is 9.78. The van der Waals surface area contributed by atoms with Gasteiger partial charge in [0.1, 0.15) is 17.4 Å². The third-order valence-corrected chi connectivity index (χ3v) is 6.51. The number of aromatic nitrogens is 2. The van der Waals surface area contributed by atoms with E-state index in [0.29, 0.717) is 13.2 Å². The minimum absolute atomic E-state index is 0.177. The predicted molar refractivity (Wildman–Crippen MR) is 119 cm³/mol. The van der Waals surface area contributed by atoms with Crippen LogP contribution in [0.3, 0.4) is 0 Å². The molecule has 0 fully saturated rings. The molecule has 4 nitrogen and oxygen atoms in total. The average Bonchev–Trinajstić information content (AvgIpc) is 3.42. The molecule has 1 atom stereocenters. The van der Waals surface area contributed by atoms with Gasteiger partial charge in [0.05, 0.1) is 11.7 Å². The second-order valence-corrected chi connectivity index (χ2v) is 8.68. The Kier molecular flexibility index (Phi) is 6.67. The summed E-state index contributed by atoms with van der Waals surface area (Å²) in [5.74, 6) is 0.885. The molecular weight excluding hydrogens is 398 g/mol. The lowest BCUT2D eigenvalue weighted by molar-refractivity contribution is 0.297. The summed E-state index contributed by atoms with van der Waals surface area (Å²) in [5.41, 5.74) is 3.12. The van der Waals surface area contributed by atoms with Gasteiger partial charge in [-0.3, -0.25) is 4.98 Å². The lowest BCUT2D eigenvalue weighted by atomic mass is 10.1. The summed E-state index contributed by atoms with van der Waals surface area (Å²) in [7, 11) is 0. The number of nitrogens with zero attached hydrogens (tertiary/aromatic N) is 2. The molecule has 4 rings (SSSR count). The molecule has 0 spiro atoms. The van der Waals surface area contributed by atoms with E-state index in [2.05, 4.69) is 39.3 Å². The summed E-state index contributed by atoms with van der Waals surface area (Å²) < 4.78 is 6.06. The molecule has 0 bridgehead atoms. The zero-order chi connectivity index (χ0) is 19.9. The van der Waals surface area contributed by atoms with Gasteiger partial charge in [0.15, 0.2) is 0 Å².